The van der Waals surface area contributed by atoms with E-state index in [-0.39, 0.29) is 5.91 Å². The van der Waals surface area contributed by atoms with E-state index in [1.54, 1.807) is 0 Å². The van der Waals surface area contributed by atoms with Crippen LogP contribution < -0.4 is 5.32 Å². The van der Waals surface area contributed by atoms with Crippen LogP contribution >= 0.6 is 38.5 Å². The van der Waals surface area contributed by atoms with E-state index in [1.807, 2.05) is 23.1 Å². The molecule has 1 aromatic rings. The maximum Gasteiger partial charge on any atom is 0.255 e. The number of carbonyl (C=O) groups excluding carboxylic acids is 1. The Morgan fingerprint density at radius 3 is 2.61 bits per heavy atom. The highest BCUT2D eigenvalue weighted by molar-refractivity contribution is 14.1. The molecule has 1 heterocycles. The van der Waals surface area contributed by atoms with Gasteiger partial charge in [0.15, 0.2) is 0 Å². The van der Waals surface area contributed by atoms with Crippen LogP contribution in [0.15, 0.2) is 22.7 Å². The number of nitrogens with zero attached hydrogens (tertiary/aromatic N) is 1. The van der Waals surface area contributed by atoms with Gasteiger partial charge in [-0.05, 0) is 54.6 Å². The molecule has 1 saturated heterocycles. The van der Waals surface area contributed by atoms with E-state index in [0.717, 1.165) is 26.7 Å². The maximum absolute atomic E-state index is 12.5. The fourth-order valence-electron chi connectivity index (χ4n) is 2.32. The Labute approximate surface area is 130 Å². The summed E-state index contributed by atoms with van der Waals surface area (Å²) in [6, 6.07) is 6.53. The zero-order valence-electron chi connectivity index (χ0n) is 10.4. The fraction of sp³-hybridized carbons (Fsp3) is 0.462. The zero-order chi connectivity index (χ0) is 13.3. The van der Waals surface area contributed by atoms with E-state index in [4.69, 9.17) is 0 Å². The highest BCUT2D eigenvalue weighted by Gasteiger charge is 2.26. The molecule has 0 bridgehead atoms. The second-order valence-corrected chi connectivity index (χ2v) is 6.88. The minimum Gasteiger partial charge on any atom is -0.336 e. The quantitative estimate of drug-likeness (QED) is 0.706. The Bertz CT molecular complexity index is 456. The molecule has 1 aliphatic rings. The lowest BCUT2D eigenvalue weighted by Gasteiger charge is -2.36. The van der Waals surface area contributed by atoms with Gasteiger partial charge in [-0.3, -0.25) is 4.79 Å². The van der Waals surface area contributed by atoms with Crippen LogP contribution in [0.1, 0.15) is 24.2 Å². The average molecular weight is 423 g/mol. The van der Waals surface area contributed by atoms with Crippen LogP contribution in [0.2, 0.25) is 0 Å². The first-order valence-electron chi connectivity index (χ1n) is 5.97. The zero-order valence-corrected chi connectivity index (χ0v) is 14.2. The summed E-state index contributed by atoms with van der Waals surface area (Å²) in [6.45, 7) is 5.77. The molecule has 1 aromatic carbocycles. The largest absolute Gasteiger partial charge is 0.336 e. The second kappa shape index (κ2) is 5.88. The third-order valence-electron chi connectivity index (χ3n) is 3.00. The van der Waals surface area contributed by atoms with Crippen molar-refractivity contribution in [1.29, 1.82) is 0 Å². The Hall–Kier alpha value is -0.140. The Morgan fingerprint density at radius 2 is 2.00 bits per heavy atom. The highest BCUT2D eigenvalue weighted by atomic mass is 127. The monoisotopic (exact) mass is 422 g/mol. The van der Waals surface area contributed by atoms with Crippen LogP contribution in [0.5, 0.6) is 0 Å². The molecule has 0 aromatic heterocycles. The molecule has 1 N–H and O–H groups in total. The molecule has 0 spiro atoms. The minimum atomic E-state index is 0.126. The van der Waals surface area contributed by atoms with E-state index >= 15 is 0 Å². The van der Waals surface area contributed by atoms with Gasteiger partial charge < -0.3 is 10.2 Å². The average Bonchev–Trinajstić information content (AvgIpc) is 2.30. The van der Waals surface area contributed by atoms with Crippen molar-refractivity contribution in [2.24, 2.45) is 0 Å². The summed E-state index contributed by atoms with van der Waals surface area (Å²) >= 11 is 5.64. The number of amides is 1. The molecule has 2 unspecified atom stereocenters. The van der Waals surface area contributed by atoms with Gasteiger partial charge in [0.25, 0.3) is 5.91 Å². The number of piperazine rings is 1. The summed E-state index contributed by atoms with van der Waals surface area (Å²) in [5.41, 5.74) is 0.784. The van der Waals surface area contributed by atoms with E-state index in [1.165, 1.54) is 0 Å². The number of rotatable bonds is 1. The van der Waals surface area contributed by atoms with Gasteiger partial charge in [0.05, 0.1) is 5.56 Å². The van der Waals surface area contributed by atoms with Crippen molar-refractivity contribution in [2.75, 3.05) is 13.1 Å². The van der Waals surface area contributed by atoms with E-state index in [2.05, 4.69) is 57.7 Å². The fourth-order valence-corrected chi connectivity index (χ4v) is 3.25. The number of carbonyl (C=O) groups is 1. The van der Waals surface area contributed by atoms with E-state index in [9.17, 15) is 4.79 Å². The number of hydrogen-bond acceptors (Lipinski definition) is 2. The number of hydrogen-bond donors (Lipinski definition) is 1. The highest BCUT2D eigenvalue weighted by Crippen LogP contribution is 2.21. The van der Waals surface area contributed by atoms with Gasteiger partial charge in [-0.2, -0.15) is 0 Å². The van der Waals surface area contributed by atoms with Crippen LogP contribution in [0.3, 0.4) is 0 Å². The SMILES string of the molecule is CC1CN(C(=O)c2cc(Br)ccc2I)CC(C)N1. The summed E-state index contributed by atoms with van der Waals surface area (Å²) in [7, 11) is 0. The second-order valence-electron chi connectivity index (χ2n) is 4.80. The van der Waals surface area contributed by atoms with Gasteiger partial charge in [-0.1, -0.05) is 15.9 Å². The van der Waals surface area contributed by atoms with Crippen LogP contribution in [0, 0.1) is 3.57 Å². The molecule has 2 rings (SSSR count). The summed E-state index contributed by atoms with van der Waals surface area (Å²) in [6.07, 6.45) is 0. The first kappa shape index (κ1) is 14.3. The molecular weight excluding hydrogens is 407 g/mol. The molecular formula is C13H16BrIN2O. The lowest BCUT2D eigenvalue weighted by Crippen LogP contribution is -2.55. The smallest absolute Gasteiger partial charge is 0.255 e. The van der Waals surface area contributed by atoms with Crippen molar-refractivity contribution in [3.05, 3.63) is 31.8 Å². The molecule has 5 heteroatoms. The molecule has 1 fully saturated rings. The van der Waals surface area contributed by atoms with Crippen molar-refractivity contribution < 1.29 is 4.79 Å². The molecule has 98 valence electrons. The Kier molecular flexibility index (Phi) is 4.66. The summed E-state index contributed by atoms with van der Waals surface area (Å²) < 4.78 is 1.95. The first-order chi connectivity index (χ1) is 8.47. The molecule has 2 atom stereocenters. The van der Waals surface area contributed by atoms with Crippen molar-refractivity contribution in [3.8, 4) is 0 Å². The molecule has 0 saturated carbocycles. The van der Waals surface area contributed by atoms with E-state index < -0.39 is 0 Å². The summed E-state index contributed by atoms with van der Waals surface area (Å²) in [4.78, 5) is 14.5. The number of benzene rings is 1. The molecule has 18 heavy (non-hydrogen) atoms. The third kappa shape index (κ3) is 3.24. The molecule has 0 aliphatic carbocycles. The Morgan fingerprint density at radius 1 is 1.39 bits per heavy atom. The predicted molar refractivity (Wildman–Crippen MR) is 84.8 cm³/mol. The lowest BCUT2D eigenvalue weighted by atomic mass is 10.1. The van der Waals surface area contributed by atoms with Gasteiger partial charge in [0.1, 0.15) is 0 Å². The Balaban J connectivity index is 2.22. The first-order valence-corrected chi connectivity index (χ1v) is 7.85. The standard InChI is InChI=1S/C13H16BrIN2O/c1-8-6-17(7-9(2)16-8)13(18)11-5-10(14)3-4-12(11)15/h3-5,8-9,16H,6-7H2,1-2H3. The summed E-state index contributed by atoms with van der Waals surface area (Å²) in [5, 5.41) is 3.44. The number of nitrogens with one attached hydrogen (secondary N) is 1. The van der Waals surface area contributed by atoms with Gasteiger partial charge in [-0.15, -0.1) is 0 Å². The van der Waals surface area contributed by atoms with Crippen LogP contribution in [0.25, 0.3) is 0 Å². The predicted octanol–water partition coefficient (Wildman–Crippen LogP) is 2.88. The maximum atomic E-state index is 12.5. The van der Waals surface area contributed by atoms with Gasteiger partial charge >= 0.3 is 0 Å². The normalized spacial score (nSPS) is 24.1. The minimum absolute atomic E-state index is 0.126. The van der Waals surface area contributed by atoms with Crippen LogP contribution in [-0.4, -0.2) is 36.0 Å². The van der Waals surface area contributed by atoms with Gasteiger partial charge in [0, 0.05) is 33.2 Å². The topological polar surface area (TPSA) is 32.3 Å². The molecule has 1 amide bonds. The van der Waals surface area contributed by atoms with Gasteiger partial charge in [-0.25, -0.2) is 0 Å². The molecule has 3 nitrogen and oxygen atoms in total. The summed E-state index contributed by atoms with van der Waals surface area (Å²) in [5.74, 6) is 0.126. The van der Waals surface area contributed by atoms with E-state index in [0.29, 0.717) is 12.1 Å². The number of halogens is 2. The molecule has 1 aliphatic heterocycles. The van der Waals surface area contributed by atoms with Gasteiger partial charge in [0.2, 0.25) is 0 Å². The van der Waals surface area contributed by atoms with Crippen LogP contribution in [-0.2, 0) is 0 Å². The van der Waals surface area contributed by atoms with Crippen molar-refractivity contribution >= 4 is 44.4 Å². The van der Waals surface area contributed by atoms with Crippen molar-refractivity contribution in [3.63, 3.8) is 0 Å². The molecule has 0 radical (unpaired) electrons. The van der Waals surface area contributed by atoms with Crippen LogP contribution in [0.4, 0.5) is 0 Å². The van der Waals surface area contributed by atoms with Crippen molar-refractivity contribution in [2.45, 2.75) is 25.9 Å². The lowest BCUT2D eigenvalue weighted by molar-refractivity contribution is 0.0672. The third-order valence-corrected chi connectivity index (χ3v) is 4.44. The van der Waals surface area contributed by atoms with Crippen molar-refractivity contribution in [1.82, 2.24) is 10.2 Å².